The normalized spacial score (nSPS) is 14.4. The number of rotatable bonds is 9. The molecule has 0 fully saturated rings. The second-order valence-electron chi connectivity index (χ2n) is 10.1. The molecule has 162 valence electrons. The fraction of sp³-hybridized carbons (Fsp3) is 0.739. The van der Waals surface area contributed by atoms with E-state index in [1.165, 1.54) is 0 Å². The van der Waals surface area contributed by atoms with Crippen LogP contribution in [0.1, 0.15) is 77.5 Å². The summed E-state index contributed by atoms with van der Waals surface area (Å²) >= 11 is 0. The van der Waals surface area contributed by atoms with E-state index in [0.717, 1.165) is 29.5 Å². The first kappa shape index (κ1) is 24.9. The zero-order chi connectivity index (χ0) is 21.8. The van der Waals surface area contributed by atoms with Crippen molar-refractivity contribution < 1.29 is 25.5 Å². The van der Waals surface area contributed by atoms with Gasteiger partial charge in [-0.05, 0) is 46.8 Å². The number of unbranched alkanes of at least 4 members (excludes halogenated alkanes) is 1. The number of benzene rings is 1. The standard InChI is InChI=1S/C23H40O5/c1-21(2,3)17-11-16(12-18(20(17)28)22(4,5)6)9-7-8-10-19(27)23(13-24,14-25)15-26/h11-12,19,24-28H,7-10,13-15H2,1-6H3. The molecule has 0 radical (unpaired) electrons. The molecule has 1 aromatic rings. The maximum Gasteiger partial charge on any atom is 0.123 e. The Hall–Kier alpha value is -1.14. The Morgan fingerprint density at radius 3 is 1.57 bits per heavy atom. The molecule has 0 spiro atoms. The van der Waals surface area contributed by atoms with Crippen molar-refractivity contribution in [3.8, 4) is 5.75 Å². The fourth-order valence-corrected chi connectivity index (χ4v) is 3.42. The number of phenolic OH excluding ortho intramolecular Hbond substituents is 1. The number of aromatic hydroxyl groups is 1. The highest BCUT2D eigenvalue weighted by Crippen LogP contribution is 2.40. The van der Waals surface area contributed by atoms with Gasteiger partial charge in [0.05, 0.1) is 31.3 Å². The molecule has 5 heteroatoms. The summed E-state index contributed by atoms with van der Waals surface area (Å²) in [4.78, 5) is 0. The van der Waals surface area contributed by atoms with E-state index in [0.29, 0.717) is 18.6 Å². The Bertz CT molecular complexity index is 578. The van der Waals surface area contributed by atoms with E-state index < -0.39 is 31.3 Å². The maximum absolute atomic E-state index is 10.8. The third-order valence-corrected chi connectivity index (χ3v) is 5.63. The molecule has 0 heterocycles. The Balaban J connectivity index is 2.90. The SMILES string of the molecule is CC(C)(C)c1cc(CCCCC(O)C(CO)(CO)CO)cc(C(C)(C)C)c1O. The van der Waals surface area contributed by atoms with Crippen LogP contribution in [0.2, 0.25) is 0 Å². The van der Waals surface area contributed by atoms with Crippen LogP contribution in [0, 0.1) is 5.41 Å². The smallest absolute Gasteiger partial charge is 0.123 e. The van der Waals surface area contributed by atoms with Crippen LogP contribution in [-0.2, 0) is 17.3 Å². The first-order valence-corrected chi connectivity index (χ1v) is 10.2. The van der Waals surface area contributed by atoms with E-state index in [-0.39, 0.29) is 10.8 Å². The van der Waals surface area contributed by atoms with E-state index >= 15 is 0 Å². The van der Waals surface area contributed by atoms with Gasteiger partial charge in [-0.2, -0.15) is 0 Å². The summed E-state index contributed by atoms with van der Waals surface area (Å²) in [6.45, 7) is 11.2. The summed E-state index contributed by atoms with van der Waals surface area (Å²) in [6, 6.07) is 4.14. The van der Waals surface area contributed by atoms with Crippen LogP contribution in [0.4, 0.5) is 0 Å². The van der Waals surface area contributed by atoms with Gasteiger partial charge in [0.2, 0.25) is 0 Å². The molecule has 0 amide bonds. The van der Waals surface area contributed by atoms with Crippen molar-refractivity contribution in [3.05, 3.63) is 28.8 Å². The van der Waals surface area contributed by atoms with Crippen LogP contribution >= 0.6 is 0 Å². The predicted molar refractivity (Wildman–Crippen MR) is 113 cm³/mol. The molecule has 0 aliphatic carbocycles. The summed E-state index contributed by atoms with van der Waals surface area (Å²) in [5.41, 5.74) is 1.44. The van der Waals surface area contributed by atoms with Gasteiger partial charge < -0.3 is 25.5 Å². The first-order chi connectivity index (χ1) is 12.8. The molecule has 28 heavy (non-hydrogen) atoms. The molecule has 5 nitrogen and oxygen atoms in total. The molecule has 0 aromatic heterocycles. The fourth-order valence-electron chi connectivity index (χ4n) is 3.42. The van der Waals surface area contributed by atoms with E-state index in [2.05, 4.69) is 53.7 Å². The number of hydrogen-bond acceptors (Lipinski definition) is 5. The molecule has 0 saturated heterocycles. The minimum absolute atomic E-state index is 0.167. The van der Waals surface area contributed by atoms with Crippen LogP contribution in [-0.4, -0.2) is 51.5 Å². The topological polar surface area (TPSA) is 101 Å². The van der Waals surface area contributed by atoms with Crippen LogP contribution in [0.5, 0.6) is 5.75 Å². The van der Waals surface area contributed by atoms with Crippen LogP contribution < -0.4 is 0 Å². The van der Waals surface area contributed by atoms with Crippen molar-refractivity contribution >= 4 is 0 Å². The molecule has 0 aliphatic rings. The Morgan fingerprint density at radius 1 is 0.786 bits per heavy atom. The number of aryl methyl sites for hydroxylation is 1. The van der Waals surface area contributed by atoms with Crippen molar-refractivity contribution in [2.45, 2.75) is 84.2 Å². The lowest BCUT2D eigenvalue weighted by Gasteiger charge is -2.32. The largest absolute Gasteiger partial charge is 0.507 e. The molecule has 0 aliphatic heterocycles. The second kappa shape index (κ2) is 9.57. The summed E-state index contributed by atoms with van der Waals surface area (Å²) in [6.07, 6.45) is 1.79. The van der Waals surface area contributed by atoms with Gasteiger partial charge in [-0.3, -0.25) is 0 Å². The molecule has 5 N–H and O–H groups in total. The van der Waals surface area contributed by atoms with Crippen molar-refractivity contribution in [2.24, 2.45) is 5.41 Å². The van der Waals surface area contributed by atoms with Gasteiger partial charge in [0, 0.05) is 0 Å². The van der Waals surface area contributed by atoms with Crippen molar-refractivity contribution in [1.29, 1.82) is 0 Å². The Labute approximate surface area is 170 Å². The van der Waals surface area contributed by atoms with E-state index in [4.69, 9.17) is 0 Å². The molecular formula is C23H40O5. The lowest BCUT2D eigenvalue weighted by molar-refractivity contribution is -0.0862. The van der Waals surface area contributed by atoms with Crippen molar-refractivity contribution in [2.75, 3.05) is 19.8 Å². The maximum atomic E-state index is 10.8. The number of hydrogen-bond donors (Lipinski definition) is 5. The van der Waals surface area contributed by atoms with E-state index in [1.54, 1.807) is 0 Å². The van der Waals surface area contributed by atoms with Gasteiger partial charge in [0.25, 0.3) is 0 Å². The van der Waals surface area contributed by atoms with E-state index in [9.17, 15) is 25.5 Å². The first-order valence-electron chi connectivity index (χ1n) is 10.2. The monoisotopic (exact) mass is 396 g/mol. The molecule has 0 saturated carbocycles. The Kier molecular flexibility index (Phi) is 8.51. The third kappa shape index (κ3) is 5.93. The quantitative estimate of drug-likeness (QED) is 0.413. The average molecular weight is 397 g/mol. The molecule has 1 atom stereocenters. The highest BCUT2D eigenvalue weighted by atomic mass is 16.3. The second-order valence-corrected chi connectivity index (χ2v) is 10.1. The summed E-state index contributed by atoms with van der Waals surface area (Å²) in [5, 5.41) is 49.3. The van der Waals surface area contributed by atoms with Crippen molar-refractivity contribution in [3.63, 3.8) is 0 Å². The molecule has 0 bridgehead atoms. The number of aliphatic hydroxyl groups is 4. The highest BCUT2D eigenvalue weighted by molar-refractivity contribution is 5.49. The molecule has 1 aromatic carbocycles. The molecule has 1 unspecified atom stereocenters. The summed E-state index contributed by atoms with van der Waals surface area (Å²) in [5.74, 6) is 0.373. The third-order valence-electron chi connectivity index (χ3n) is 5.63. The average Bonchev–Trinajstić information content (AvgIpc) is 2.59. The van der Waals surface area contributed by atoms with Gasteiger partial charge >= 0.3 is 0 Å². The Morgan fingerprint density at radius 2 is 1.21 bits per heavy atom. The highest BCUT2D eigenvalue weighted by Gasteiger charge is 2.36. The minimum Gasteiger partial charge on any atom is -0.507 e. The zero-order valence-corrected chi connectivity index (χ0v) is 18.4. The van der Waals surface area contributed by atoms with Crippen LogP contribution in [0.3, 0.4) is 0 Å². The zero-order valence-electron chi connectivity index (χ0n) is 18.4. The number of aliphatic hydroxyl groups excluding tert-OH is 4. The summed E-state index contributed by atoms with van der Waals surface area (Å²) in [7, 11) is 0. The molecular weight excluding hydrogens is 356 g/mol. The lowest BCUT2D eigenvalue weighted by Crippen LogP contribution is -2.45. The summed E-state index contributed by atoms with van der Waals surface area (Å²) < 4.78 is 0. The number of phenols is 1. The lowest BCUT2D eigenvalue weighted by atomic mass is 9.78. The van der Waals surface area contributed by atoms with E-state index in [1.807, 2.05) is 0 Å². The van der Waals surface area contributed by atoms with Crippen molar-refractivity contribution in [1.82, 2.24) is 0 Å². The van der Waals surface area contributed by atoms with Crippen LogP contribution in [0.15, 0.2) is 12.1 Å². The molecule has 1 rings (SSSR count). The van der Waals surface area contributed by atoms with Gasteiger partial charge in [-0.15, -0.1) is 0 Å². The minimum atomic E-state index is -1.25. The van der Waals surface area contributed by atoms with Crippen LogP contribution in [0.25, 0.3) is 0 Å². The predicted octanol–water partition coefficient (Wildman–Crippen LogP) is 3.02. The van der Waals surface area contributed by atoms with Gasteiger partial charge in [0.1, 0.15) is 5.75 Å². The van der Waals surface area contributed by atoms with Gasteiger partial charge in [-0.1, -0.05) is 60.1 Å². The van der Waals surface area contributed by atoms with Gasteiger partial charge in [-0.25, -0.2) is 0 Å². The van der Waals surface area contributed by atoms with Gasteiger partial charge in [0.15, 0.2) is 0 Å².